The smallest absolute Gasteiger partial charge is 0.0566 e. The van der Waals surface area contributed by atoms with Crippen molar-refractivity contribution in [2.75, 3.05) is 6.54 Å². The van der Waals surface area contributed by atoms with Gasteiger partial charge in [0.1, 0.15) is 0 Å². The van der Waals surface area contributed by atoms with Crippen LogP contribution in [0.4, 0.5) is 0 Å². The second-order valence-electron chi connectivity index (χ2n) is 6.10. The van der Waals surface area contributed by atoms with Gasteiger partial charge in [0.2, 0.25) is 0 Å². The molecule has 0 saturated heterocycles. The van der Waals surface area contributed by atoms with Gasteiger partial charge < -0.3 is 5.32 Å². The Bertz CT molecular complexity index is 486. The van der Waals surface area contributed by atoms with Crippen LogP contribution < -0.4 is 5.32 Å². The zero-order chi connectivity index (χ0) is 14.7. The summed E-state index contributed by atoms with van der Waals surface area (Å²) in [4.78, 5) is 1.04. The molecule has 0 amide bonds. The Kier molecular flexibility index (Phi) is 5.39. The Hall–Kier alpha value is -0.670. The zero-order valence-corrected chi connectivity index (χ0v) is 13.9. The first kappa shape index (κ1) is 15.7. The molecule has 3 heteroatoms. The van der Waals surface area contributed by atoms with E-state index in [1.165, 1.54) is 5.56 Å². The van der Waals surface area contributed by atoms with Crippen molar-refractivity contribution in [2.24, 2.45) is 5.92 Å². The fourth-order valence-electron chi connectivity index (χ4n) is 3.14. The highest BCUT2D eigenvalue weighted by Crippen LogP contribution is 2.33. The third-order valence-corrected chi connectivity index (χ3v) is 6.56. The van der Waals surface area contributed by atoms with Gasteiger partial charge >= 0.3 is 0 Å². The molecule has 0 heterocycles. The number of rotatable bonds is 5. The molecule has 0 spiro atoms. The highest BCUT2D eigenvalue weighted by Gasteiger charge is 2.36. The first-order valence-corrected chi connectivity index (χ1v) is 8.97. The molecule has 1 saturated carbocycles. The van der Waals surface area contributed by atoms with E-state index in [2.05, 4.69) is 51.2 Å². The van der Waals surface area contributed by atoms with Crippen LogP contribution in [-0.2, 0) is 10.8 Å². The van der Waals surface area contributed by atoms with Crippen LogP contribution in [0.15, 0.2) is 23.1 Å². The summed E-state index contributed by atoms with van der Waals surface area (Å²) in [6, 6.07) is 6.83. The van der Waals surface area contributed by atoms with E-state index in [-0.39, 0.29) is 0 Å². The largest absolute Gasteiger partial charge is 0.314 e. The quantitative estimate of drug-likeness (QED) is 0.899. The van der Waals surface area contributed by atoms with Gasteiger partial charge in [-0.3, -0.25) is 4.21 Å². The Morgan fingerprint density at radius 1 is 1.30 bits per heavy atom. The molecule has 2 rings (SSSR count). The van der Waals surface area contributed by atoms with Crippen LogP contribution in [-0.4, -0.2) is 22.0 Å². The molecule has 1 fully saturated rings. The van der Waals surface area contributed by atoms with E-state index in [9.17, 15) is 4.21 Å². The molecular formula is C17H27NOS. The third kappa shape index (κ3) is 3.32. The van der Waals surface area contributed by atoms with Gasteiger partial charge in [0.25, 0.3) is 0 Å². The minimum atomic E-state index is -0.877. The lowest BCUT2D eigenvalue weighted by atomic mass is 10.1. The summed E-state index contributed by atoms with van der Waals surface area (Å²) in [5.74, 6) is 0.488. The molecule has 1 aliphatic rings. The van der Waals surface area contributed by atoms with Crippen LogP contribution in [0.3, 0.4) is 0 Å². The van der Waals surface area contributed by atoms with Gasteiger partial charge in [-0.15, -0.1) is 0 Å². The SMILES string of the molecule is CCCNC1CCC(S(=O)c2cc(C)ccc2C)C1C. The molecule has 4 unspecified atom stereocenters. The summed E-state index contributed by atoms with van der Waals surface area (Å²) in [6.45, 7) is 9.66. The summed E-state index contributed by atoms with van der Waals surface area (Å²) < 4.78 is 12.9. The number of aryl methyl sites for hydroxylation is 2. The summed E-state index contributed by atoms with van der Waals surface area (Å²) in [5.41, 5.74) is 2.36. The van der Waals surface area contributed by atoms with Crippen molar-refractivity contribution in [3.8, 4) is 0 Å². The van der Waals surface area contributed by atoms with Crippen molar-refractivity contribution < 1.29 is 4.21 Å². The normalized spacial score (nSPS) is 27.7. The van der Waals surface area contributed by atoms with Crippen LogP contribution >= 0.6 is 0 Å². The zero-order valence-electron chi connectivity index (χ0n) is 13.1. The van der Waals surface area contributed by atoms with Gasteiger partial charge in [0.05, 0.1) is 10.8 Å². The van der Waals surface area contributed by atoms with Crippen LogP contribution in [0.2, 0.25) is 0 Å². The van der Waals surface area contributed by atoms with E-state index in [0.717, 1.165) is 36.3 Å². The average molecular weight is 293 g/mol. The summed E-state index contributed by atoms with van der Waals surface area (Å²) in [6.07, 6.45) is 3.39. The molecule has 112 valence electrons. The summed E-state index contributed by atoms with van der Waals surface area (Å²) >= 11 is 0. The predicted octanol–water partition coefficient (Wildman–Crippen LogP) is 3.58. The highest BCUT2D eigenvalue weighted by molar-refractivity contribution is 7.85. The van der Waals surface area contributed by atoms with Crippen LogP contribution in [0.5, 0.6) is 0 Å². The standard InChI is InChI=1S/C17H27NOS/c1-5-10-18-15-8-9-16(14(15)4)20(19)17-11-12(2)6-7-13(17)3/h6-7,11,14-16,18H,5,8-10H2,1-4H3. The Morgan fingerprint density at radius 3 is 2.75 bits per heavy atom. The van der Waals surface area contributed by atoms with E-state index in [1.54, 1.807) is 0 Å². The summed E-state index contributed by atoms with van der Waals surface area (Å²) in [5, 5.41) is 3.91. The molecule has 0 aromatic heterocycles. The van der Waals surface area contributed by atoms with Gasteiger partial charge in [0.15, 0.2) is 0 Å². The monoisotopic (exact) mass is 293 g/mol. The minimum Gasteiger partial charge on any atom is -0.314 e. The number of hydrogen-bond donors (Lipinski definition) is 1. The van der Waals surface area contributed by atoms with Gasteiger partial charge in [-0.1, -0.05) is 26.0 Å². The molecule has 2 nitrogen and oxygen atoms in total. The molecule has 0 aliphatic heterocycles. The van der Waals surface area contributed by atoms with E-state index in [0.29, 0.717) is 17.2 Å². The predicted molar refractivity (Wildman–Crippen MR) is 86.6 cm³/mol. The fourth-order valence-corrected chi connectivity index (χ4v) is 5.08. The van der Waals surface area contributed by atoms with E-state index < -0.39 is 10.8 Å². The average Bonchev–Trinajstić information content (AvgIpc) is 2.79. The maximum atomic E-state index is 12.9. The molecule has 1 aromatic carbocycles. The maximum Gasteiger partial charge on any atom is 0.0566 e. The maximum absolute atomic E-state index is 12.9. The molecular weight excluding hydrogens is 266 g/mol. The Balaban J connectivity index is 2.12. The van der Waals surface area contributed by atoms with Crippen molar-refractivity contribution >= 4 is 10.8 Å². The van der Waals surface area contributed by atoms with E-state index in [1.807, 2.05) is 0 Å². The van der Waals surface area contributed by atoms with E-state index in [4.69, 9.17) is 0 Å². The topological polar surface area (TPSA) is 29.1 Å². The molecule has 1 aromatic rings. The second-order valence-corrected chi connectivity index (χ2v) is 7.74. The lowest BCUT2D eigenvalue weighted by molar-refractivity contribution is 0.429. The Labute approximate surface area is 125 Å². The van der Waals surface area contributed by atoms with E-state index >= 15 is 0 Å². The second kappa shape index (κ2) is 6.86. The highest BCUT2D eigenvalue weighted by atomic mass is 32.2. The molecule has 1 aliphatic carbocycles. The van der Waals surface area contributed by atoms with Crippen LogP contribution in [0.25, 0.3) is 0 Å². The molecule has 4 atom stereocenters. The van der Waals surface area contributed by atoms with Gasteiger partial charge in [-0.05, 0) is 62.8 Å². The van der Waals surface area contributed by atoms with Crippen LogP contribution in [0, 0.1) is 19.8 Å². The lowest BCUT2D eigenvalue weighted by Crippen LogP contribution is -2.35. The number of hydrogen-bond acceptors (Lipinski definition) is 2. The molecule has 0 radical (unpaired) electrons. The fraction of sp³-hybridized carbons (Fsp3) is 0.647. The molecule has 0 bridgehead atoms. The lowest BCUT2D eigenvalue weighted by Gasteiger charge is -2.22. The van der Waals surface area contributed by atoms with Crippen molar-refractivity contribution in [1.82, 2.24) is 5.32 Å². The van der Waals surface area contributed by atoms with Crippen LogP contribution in [0.1, 0.15) is 44.2 Å². The minimum absolute atomic E-state index is 0.296. The van der Waals surface area contributed by atoms with Gasteiger partial charge in [0, 0.05) is 16.2 Å². The van der Waals surface area contributed by atoms with Crippen molar-refractivity contribution in [2.45, 2.75) is 63.1 Å². The van der Waals surface area contributed by atoms with Gasteiger partial charge in [-0.2, -0.15) is 0 Å². The molecule has 20 heavy (non-hydrogen) atoms. The number of nitrogens with one attached hydrogen (secondary N) is 1. The first-order chi connectivity index (χ1) is 9.54. The van der Waals surface area contributed by atoms with Crippen molar-refractivity contribution in [3.63, 3.8) is 0 Å². The number of benzene rings is 1. The van der Waals surface area contributed by atoms with Crippen molar-refractivity contribution in [1.29, 1.82) is 0 Å². The van der Waals surface area contributed by atoms with Gasteiger partial charge in [-0.25, -0.2) is 0 Å². The Morgan fingerprint density at radius 2 is 2.05 bits per heavy atom. The summed E-state index contributed by atoms with van der Waals surface area (Å²) in [7, 11) is -0.877. The first-order valence-electron chi connectivity index (χ1n) is 7.75. The third-order valence-electron chi connectivity index (χ3n) is 4.48. The molecule has 1 N–H and O–H groups in total. The van der Waals surface area contributed by atoms with Crippen molar-refractivity contribution in [3.05, 3.63) is 29.3 Å².